The lowest BCUT2D eigenvalue weighted by Crippen LogP contribution is -2.28. The van der Waals surface area contributed by atoms with Crippen LogP contribution in [0.15, 0.2) is 12.1 Å². The Balaban J connectivity index is 2.91. The predicted octanol–water partition coefficient (Wildman–Crippen LogP) is 2.30. The fourth-order valence-corrected chi connectivity index (χ4v) is 1.63. The smallest absolute Gasteiger partial charge is 0.133 e. The zero-order chi connectivity index (χ0) is 12.1. The molecule has 0 aliphatic heterocycles. The molecule has 0 aromatic carbocycles. The minimum atomic E-state index is -0.0537. The third-order valence-electron chi connectivity index (χ3n) is 2.22. The molecule has 0 aliphatic rings. The van der Waals surface area contributed by atoms with Gasteiger partial charge in [0.05, 0.1) is 12.0 Å². The van der Waals surface area contributed by atoms with Crippen LogP contribution in [0.5, 0.6) is 0 Å². The van der Waals surface area contributed by atoms with Crippen molar-refractivity contribution in [3.05, 3.63) is 17.3 Å². The van der Waals surface area contributed by atoms with Gasteiger partial charge in [0.1, 0.15) is 11.0 Å². The van der Waals surface area contributed by atoms with Crippen molar-refractivity contribution in [3.63, 3.8) is 0 Å². The first kappa shape index (κ1) is 12.6. The number of hydrogen-bond acceptors (Lipinski definition) is 4. The summed E-state index contributed by atoms with van der Waals surface area (Å²) < 4.78 is 0. The van der Waals surface area contributed by atoms with Gasteiger partial charge in [0.15, 0.2) is 0 Å². The molecule has 16 heavy (non-hydrogen) atoms. The van der Waals surface area contributed by atoms with E-state index in [0.29, 0.717) is 17.4 Å². The molecule has 1 atom stereocenters. The number of rotatable bonds is 4. The number of nitrogens with zero attached hydrogens (tertiary/aromatic N) is 3. The Morgan fingerprint density at radius 1 is 1.62 bits per heavy atom. The second-order valence-corrected chi connectivity index (χ2v) is 4.04. The number of nitriles is 1. The lowest BCUT2D eigenvalue weighted by molar-refractivity contribution is 0.680. The molecule has 1 unspecified atom stereocenters. The van der Waals surface area contributed by atoms with Gasteiger partial charge in [0.25, 0.3) is 0 Å². The van der Waals surface area contributed by atoms with Crippen molar-refractivity contribution >= 4 is 23.1 Å². The number of hydrogen-bond donors (Lipinski definition) is 1. The number of anilines is 2. The van der Waals surface area contributed by atoms with Crippen molar-refractivity contribution in [2.24, 2.45) is 5.92 Å². The minimum absolute atomic E-state index is 0.0537. The molecule has 0 fully saturated rings. The molecule has 1 aromatic heterocycles. The van der Waals surface area contributed by atoms with E-state index in [2.05, 4.69) is 11.1 Å². The molecule has 1 rings (SSSR count). The molecule has 4 nitrogen and oxygen atoms in total. The number of nitrogens with two attached hydrogens (primary N) is 1. The first-order valence-corrected chi connectivity index (χ1v) is 5.52. The lowest BCUT2D eigenvalue weighted by Gasteiger charge is -2.23. The number of nitrogen functional groups attached to an aromatic ring is 1. The number of pyridine rings is 1. The van der Waals surface area contributed by atoms with Gasteiger partial charge in [0, 0.05) is 24.8 Å². The molecule has 5 heteroatoms. The van der Waals surface area contributed by atoms with E-state index in [4.69, 9.17) is 22.6 Å². The minimum Gasteiger partial charge on any atom is -0.399 e. The Morgan fingerprint density at radius 3 is 2.81 bits per heavy atom. The van der Waals surface area contributed by atoms with Gasteiger partial charge in [0.2, 0.25) is 0 Å². The molecule has 0 saturated heterocycles. The predicted molar refractivity (Wildman–Crippen MR) is 66.3 cm³/mol. The third kappa shape index (κ3) is 3.28. The Labute approximate surface area is 101 Å². The van der Waals surface area contributed by atoms with Crippen molar-refractivity contribution in [1.29, 1.82) is 5.26 Å². The second kappa shape index (κ2) is 5.57. The first-order valence-electron chi connectivity index (χ1n) is 5.14. The Hall–Kier alpha value is -1.47. The van der Waals surface area contributed by atoms with E-state index in [-0.39, 0.29) is 5.92 Å². The van der Waals surface area contributed by atoms with Gasteiger partial charge in [-0.3, -0.25) is 0 Å². The highest BCUT2D eigenvalue weighted by molar-refractivity contribution is 6.29. The van der Waals surface area contributed by atoms with Crippen LogP contribution >= 0.6 is 11.6 Å². The monoisotopic (exact) mass is 238 g/mol. The Bertz CT molecular complexity index is 379. The van der Waals surface area contributed by atoms with Crippen LogP contribution in [0, 0.1) is 17.2 Å². The molecule has 1 aromatic rings. The molecule has 86 valence electrons. The molecular weight excluding hydrogens is 224 g/mol. The lowest BCUT2D eigenvalue weighted by atomic mass is 10.2. The van der Waals surface area contributed by atoms with Crippen LogP contribution in [-0.2, 0) is 0 Å². The summed E-state index contributed by atoms with van der Waals surface area (Å²) in [6.45, 7) is 5.26. The summed E-state index contributed by atoms with van der Waals surface area (Å²) in [4.78, 5) is 6.18. The van der Waals surface area contributed by atoms with Gasteiger partial charge in [-0.1, -0.05) is 11.6 Å². The van der Waals surface area contributed by atoms with Crippen LogP contribution in [0.25, 0.3) is 0 Å². The summed E-state index contributed by atoms with van der Waals surface area (Å²) in [5, 5.41) is 9.16. The summed E-state index contributed by atoms with van der Waals surface area (Å²) in [5.74, 6) is 0.663. The zero-order valence-electron chi connectivity index (χ0n) is 9.44. The number of halogens is 1. The summed E-state index contributed by atoms with van der Waals surface area (Å²) >= 11 is 5.84. The molecular formula is C11H15ClN4. The third-order valence-corrected chi connectivity index (χ3v) is 2.42. The Morgan fingerprint density at radius 2 is 2.31 bits per heavy atom. The highest BCUT2D eigenvalue weighted by atomic mass is 35.5. The van der Waals surface area contributed by atoms with Crippen molar-refractivity contribution in [3.8, 4) is 6.07 Å². The molecule has 0 radical (unpaired) electrons. The van der Waals surface area contributed by atoms with Gasteiger partial charge in [-0.15, -0.1) is 0 Å². The van der Waals surface area contributed by atoms with Crippen molar-refractivity contribution in [1.82, 2.24) is 4.98 Å². The van der Waals surface area contributed by atoms with Crippen LogP contribution in [0.2, 0.25) is 5.15 Å². The van der Waals surface area contributed by atoms with E-state index in [1.165, 1.54) is 0 Å². The van der Waals surface area contributed by atoms with Gasteiger partial charge in [-0.25, -0.2) is 4.98 Å². The first-order chi connectivity index (χ1) is 7.56. The van der Waals surface area contributed by atoms with E-state index in [1.54, 1.807) is 12.1 Å². The standard InChI is InChI=1S/C11H15ClN4/c1-3-16(7-8(2)6-13)11-5-9(14)4-10(12)15-11/h4-5,8H,3,7H2,1-2H3,(H2,14,15). The average Bonchev–Trinajstić information content (AvgIpc) is 2.24. The van der Waals surface area contributed by atoms with Crippen molar-refractivity contribution in [2.75, 3.05) is 23.7 Å². The fourth-order valence-electron chi connectivity index (χ4n) is 1.42. The quantitative estimate of drug-likeness (QED) is 0.818. The molecule has 0 saturated carbocycles. The maximum atomic E-state index is 8.79. The van der Waals surface area contributed by atoms with Gasteiger partial charge < -0.3 is 10.6 Å². The highest BCUT2D eigenvalue weighted by Crippen LogP contribution is 2.20. The number of aromatic nitrogens is 1. The van der Waals surface area contributed by atoms with E-state index in [0.717, 1.165) is 12.4 Å². The molecule has 0 bridgehead atoms. The maximum absolute atomic E-state index is 8.79. The normalized spacial score (nSPS) is 11.9. The van der Waals surface area contributed by atoms with Gasteiger partial charge >= 0.3 is 0 Å². The largest absolute Gasteiger partial charge is 0.399 e. The molecule has 0 amide bonds. The summed E-state index contributed by atoms with van der Waals surface area (Å²) in [5.41, 5.74) is 6.28. The average molecular weight is 239 g/mol. The summed E-state index contributed by atoms with van der Waals surface area (Å²) in [7, 11) is 0. The molecule has 0 spiro atoms. The van der Waals surface area contributed by atoms with Crippen LogP contribution in [-0.4, -0.2) is 18.1 Å². The van der Waals surface area contributed by atoms with Crippen LogP contribution < -0.4 is 10.6 Å². The second-order valence-electron chi connectivity index (χ2n) is 3.65. The van der Waals surface area contributed by atoms with Gasteiger partial charge in [-0.2, -0.15) is 5.26 Å². The van der Waals surface area contributed by atoms with E-state index < -0.39 is 0 Å². The van der Waals surface area contributed by atoms with E-state index in [9.17, 15) is 0 Å². The SMILES string of the molecule is CCN(CC(C)C#N)c1cc(N)cc(Cl)n1. The Kier molecular flexibility index (Phi) is 4.39. The topological polar surface area (TPSA) is 65.9 Å². The van der Waals surface area contributed by atoms with Crippen molar-refractivity contribution in [2.45, 2.75) is 13.8 Å². The molecule has 0 aliphatic carbocycles. The van der Waals surface area contributed by atoms with Crippen molar-refractivity contribution < 1.29 is 0 Å². The van der Waals surface area contributed by atoms with E-state index >= 15 is 0 Å². The fraction of sp³-hybridized carbons (Fsp3) is 0.455. The zero-order valence-corrected chi connectivity index (χ0v) is 10.2. The highest BCUT2D eigenvalue weighted by Gasteiger charge is 2.11. The van der Waals surface area contributed by atoms with Crippen LogP contribution in [0.1, 0.15) is 13.8 Å². The molecule has 1 heterocycles. The van der Waals surface area contributed by atoms with Crippen LogP contribution in [0.4, 0.5) is 11.5 Å². The summed E-state index contributed by atoms with van der Waals surface area (Å²) in [6.07, 6.45) is 0. The summed E-state index contributed by atoms with van der Waals surface area (Å²) in [6, 6.07) is 5.56. The van der Waals surface area contributed by atoms with Gasteiger partial charge in [-0.05, 0) is 19.9 Å². The van der Waals surface area contributed by atoms with E-state index in [1.807, 2.05) is 18.7 Å². The molecule has 2 N–H and O–H groups in total. The van der Waals surface area contributed by atoms with Crippen LogP contribution in [0.3, 0.4) is 0 Å². The maximum Gasteiger partial charge on any atom is 0.133 e.